The maximum absolute atomic E-state index is 12.5. The van der Waals surface area contributed by atoms with Crippen LogP contribution in [-0.4, -0.2) is 44.7 Å². The summed E-state index contributed by atoms with van der Waals surface area (Å²) in [6.45, 7) is 8.90. The van der Waals surface area contributed by atoms with Gasteiger partial charge in [0, 0.05) is 6.42 Å². The summed E-state index contributed by atoms with van der Waals surface area (Å²) < 4.78 is 21.2. The Hall–Kier alpha value is -1.14. The van der Waals surface area contributed by atoms with E-state index in [0.717, 1.165) is 0 Å². The summed E-state index contributed by atoms with van der Waals surface area (Å²) in [4.78, 5) is 25.1. The third-order valence-corrected chi connectivity index (χ3v) is 3.69. The zero-order chi connectivity index (χ0) is 16.6. The van der Waals surface area contributed by atoms with Crippen LogP contribution in [0.3, 0.4) is 0 Å². The van der Waals surface area contributed by atoms with E-state index in [-0.39, 0.29) is 19.6 Å². The number of ether oxygens (including phenoxy) is 4. The van der Waals surface area contributed by atoms with Gasteiger partial charge in [0.05, 0.1) is 26.4 Å². The van der Waals surface area contributed by atoms with Crippen molar-refractivity contribution in [2.75, 3.05) is 26.4 Å². The molecule has 0 aromatic heterocycles. The zero-order valence-electron chi connectivity index (χ0n) is 14.1. The molecule has 1 fully saturated rings. The molecule has 1 aliphatic rings. The monoisotopic (exact) mass is 316 g/mol. The summed E-state index contributed by atoms with van der Waals surface area (Å²) in [5.74, 6) is -0.741. The van der Waals surface area contributed by atoms with Gasteiger partial charge in [-0.05, 0) is 32.6 Å². The lowest BCUT2D eigenvalue weighted by atomic mass is 9.78. The van der Waals surface area contributed by atoms with Gasteiger partial charge in [0.15, 0.2) is 11.7 Å². The predicted octanol–water partition coefficient (Wildman–Crippen LogP) is 2.30. The van der Waals surface area contributed by atoms with Crippen molar-refractivity contribution >= 4 is 11.9 Å². The lowest BCUT2D eigenvalue weighted by Gasteiger charge is -2.31. The SMILES string of the molecule is CCOC(=O)C(CCC(C)C)(CC1OCCO1)C(=O)OCC. The van der Waals surface area contributed by atoms with Crippen LogP contribution < -0.4 is 0 Å². The van der Waals surface area contributed by atoms with Crippen LogP contribution in [0.5, 0.6) is 0 Å². The van der Waals surface area contributed by atoms with Crippen LogP contribution in [0.1, 0.15) is 47.0 Å². The smallest absolute Gasteiger partial charge is 0.323 e. The Morgan fingerprint density at radius 1 is 1.09 bits per heavy atom. The van der Waals surface area contributed by atoms with E-state index in [9.17, 15) is 9.59 Å². The van der Waals surface area contributed by atoms with E-state index in [1.807, 2.05) is 13.8 Å². The van der Waals surface area contributed by atoms with Crippen LogP contribution in [0, 0.1) is 11.3 Å². The van der Waals surface area contributed by atoms with Crippen molar-refractivity contribution < 1.29 is 28.5 Å². The Morgan fingerprint density at radius 2 is 1.59 bits per heavy atom. The van der Waals surface area contributed by atoms with Crippen molar-refractivity contribution in [1.29, 1.82) is 0 Å². The van der Waals surface area contributed by atoms with Crippen LogP contribution in [0.2, 0.25) is 0 Å². The van der Waals surface area contributed by atoms with E-state index in [0.29, 0.717) is 32.0 Å². The molecule has 1 saturated heterocycles. The zero-order valence-corrected chi connectivity index (χ0v) is 14.1. The van der Waals surface area contributed by atoms with E-state index in [4.69, 9.17) is 18.9 Å². The molecule has 0 unspecified atom stereocenters. The van der Waals surface area contributed by atoms with Gasteiger partial charge >= 0.3 is 11.9 Å². The van der Waals surface area contributed by atoms with Crippen LogP contribution in [0.4, 0.5) is 0 Å². The fourth-order valence-electron chi connectivity index (χ4n) is 2.44. The van der Waals surface area contributed by atoms with Crippen molar-refractivity contribution in [3.05, 3.63) is 0 Å². The average molecular weight is 316 g/mol. The van der Waals surface area contributed by atoms with Gasteiger partial charge in [-0.2, -0.15) is 0 Å². The highest BCUT2D eigenvalue weighted by Crippen LogP contribution is 2.36. The van der Waals surface area contributed by atoms with Crippen LogP contribution in [0.15, 0.2) is 0 Å². The second-order valence-electron chi connectivity index (χ2n) is 5.83. The molecule has 0 atom stereocenters. The Bertz CT molecular complexity index is 342. The van der Waals surface area contributed by atoms with E-state index in [1.54, 1.807) is 13.8 Å². The van der Waals surface area contributed by atoms with E-state index >= 15 is 0 Å². The van der Waals surface area contributed by atoms with E-state index in [1.165, 1.54) is 0 Å². The van der Waals surface area contributed by atoms with Gasteiger partial charge in [0.1, 0.15) is 0 Å². The Labute approximate surface area is 132 Å². The molecule has 0 N–H and O–H groups in total. The maximum atomic E-state index is 12.5. The van der Waals surface area contributed by atoms with Gasteiger partial charge in [-0.1, -0.05) is 13.8 Å². The van der Waals surface area contributed by atoms with Gasteiger partial charge in [-0.25, -0.2) is 0 Å². The molecule has 0 radical (unpaired) electrons. The molecule has 0 aliphatic carbocycles. The maximum Gasteiger partial charge on any atom is 0.323 e. The molecular weight excluding hydrogens is 288 g/mol. The molecule has 0 saturated carbocycles. The molecule has 6 heteroatoms. The molecule has 0 amide bonds. The fraction of sp³-hybridized carbons (Fsp3) is 0.875. The van der Waals surface area contributed by atoms with Gasteiger partial charge in [0.2, 0.25) is 0 Å². The molecule has 1 rings (SSSR count). The van der Waals surface area contributed by atoms with Crippen molar-refractivity contribution in [3.63, 3.8) is 0 Å². The molecule has 0 aromatic carbocycles. The first-order chi connectivity index (χ1) is 10.5. The van der Waals surface area contributed by atoms with Gasteiger partial charge in [0.25, 0.3) is 0 Å². The van der Waals surface area contributed by atoms with Gasteiger partial charge in [-0.15, -0.1) is 0 Å². The Balaban J connectivity index is 3.02. The second-order valence-corrected chi connectivity index (χ2v) is 5.83. The lowest BCUT2D eigenvalue weighted by molar-refractivity contribution is -0.180. The minimum Gasteiger partial charge on any atom is -0.465 e. The molecule has 22 heavy (non-hydrogen) atoms. The molecule has 128 valence electrons. The van der Waals surface area contributed by atoms with Crippen LogP contribution >= 0.6 is 0 Å². The highest BCUT2D eigenvalue weighted by atomic mass is 16.7. The van der Waals surface area contributed by atoms with Gasteiger partial charge < -0.3 is 18.9 Å². The number of hydrogen-bond acceptors (Lipinski definition) is 6. The fourth-order valence-corrected chi connectivity index (χ4v) is 2.44. The number of rotatable bonds is 9. The number of carbonyl (C=O) groups is 2. The Morgan fingerprint density at radius 3 is 2.00 bits per heavy atom. The lowest BCUT2D eigenvalue weighted by Crippen LogP contribution is -2.45. The number of hydrogen-bond donors (Lipinski definition) is 0. The third-order valence-electron chi connectivity index (χ3n) is 3.69. The third kappa shape index (κ3) is 4.95. The summed E-state index contributed by atoms with van der Waals surface area (Å²) in [6.07, 6.45) is 0.647. The molecule has 1 heterocycles. The molecule has 1 aliphatic heterocycles. The molecule has 0 spiro atoms. The first kappa shape index (κ1) is 18.9. The summed E-state index contributed by atoms with van der Waals surface area (Å²) >= 11 is 0. The topological polar surface area (TPSA) is 71.1 Å². The number of esters is 2. The van der Waals surface area contributed by atoms with Crippen LogP contribution in [0.25, 0.3) is 0 Å². The molecule has 0 bridgehead atoms. The van der Waals surface area contributed by atoms with Gasteiger partial charge in [-0.3, -0.25) is 9.59 Å². The minimum atomic E-state index is -1.36. The first-order valence-corrected chi connectivity index (χ1v) is 8.04. The quantitative estimate of drug-likeness (QED) is 0.480. The van der Waals surface area contributed by atoms with Crippen LogP contribution in [-0.2, 0) is 28.5 Å². The minimum absolute atomic E-state index is 0.136. The predicted molar refractivity (Wildman–Crippen MR) is 80.1 cm³/mol. The normalized spacial score (nSPS) is 16.0. The largest absolute Gasteiger partial charge is 0.465 e. The van der Waals surface area contributed by atoms with Crippen molar-refractivity contribution in [3.8, 4) is 0 Å². The van der Waals surface area contributed by atoms with Crippen molar-refractivity contribution in [2.24, 2.45) is 11.3 Å². The van der Waals surface area contributed by atoms with Crippen molar-refractivity contribution in [1.82, 2.24) is 0 Å². The second kappa shape index (κ2) is 9.10. The summed E-state index contributed by atoms with van der Waals surface area (Å²) in [5.41, 5.74) is -1.36. The molecule has 6 nitrogen and oxygen atoms in total. The first-order valence-electron chi connectivity index (χ1n) is 8.04. The molecular formula is C16H28O6. The standard InChI is InChI=1S/C16H28O6/c1-5-19-14(17)16(8-7-12(3)4,15(18)20-6-2)11-13-21-9-10-22-13/h12-13H,5-11H2,1-4H3. The van der Waals surface area contributed by atoms with E-state index in [2.05, 4.69) is 0 Å². The highest BCUT2D eigenvalue weighted by molar-refractivity contribution is 6.00. The van der Waals surface area contributed by atoms with E-state index < -0.39 is 23.6 Å². The highest BCUT2D eigenvalue weighted by Gasteiger charge is 2.51. The molecule has 0 aromatic rings. The summed E-state index contributed by atoms with van der Waals surface area (Å²) in [7, 11) is 0. The summed E-state index contributed by atoms with van der Waals surface area (Å²) in [6, 6.07) is 0. The number of carbonyl (C=O) groups excluding carboxylic acids is 2. The Kier molecular flexibility index (Phi) is 7.82. The average Bonchev–Trinajstić information content (AvgIpc) is 2.96. The van der Waals surface area contributed by atoms with Crippen molar-refractivity contribution in [2.45, 2.75) is 53.2 Å². The summed E-state index contributed by atoms with van der Waals surface area (Å²) in [5, 5.41) is 0.